The molecule has 1 aliphatic heterocycles. The molecule has 2 aromatic carbocycles. The fourth-order valence-electron chi connectivity index (χ4n) is 2.15. The van der Waals surface area contributed by atoms with Gasteiger partial charge in [0.15, 0.2) is 0 Å². The molecule has 2 N–H and O–H groups in total. The van der Waals surface area contributed by atoms with Gasteiger partial charge in [-0.25, -0.2) is 8.78 Å². The van der Waals surface area contributed by atoms with E-state index in [1.165, 1.54) is 12.1 Å². The molecule has 0 bridgehead atoms. The fraction of sp³-hybridized carbons (Fsp3) is 0.0667. The molecule has 0 radical (unpaired) electrons. The van der Waals surface area contributed by atoms with Crippen LogP contribution in [-0.4, -0.2) is 11.8 Å². The smallest absolute Gasteiger partial charge is 0.259 e. The van der Waals surface area contributed by atoms with Gasteiger partial charge >= 0.3 is 0 Å². The van der Waals surface area contributed by atoms with Crippen LogP contribution in [0.25, 0.3) is 0 Å². The van der Waals surface area contributed by atoms with Crippen LogP contribution in [0.1, 0.15) is 26.3 Å². The topological polar surface area (TPSA) is 58.2 Å². The van der Waals surface area contributed by atoms with E-state index in [2.05, 4.69) is 10.6 Å². The van der Waals surface area contributed by atoms with Gasteiger partial charge in [0, 0.05) is 17.8 Å². The summed E-state index contributed by atoms with van der Waals surface area (Å²) in [5.74, 6) is -1.93. The molecule has 0 unspecified atom stereocenters. The van der Waals surface area contributed by atoms with Crippen molar-refractivity contribution in [1.82, 2.24) is 5.32 Å². The number of carbonyl (C=O) groups is 2. The molecule has 2 amide bonds. The van der Waals surface area contributed by atoms with Gasteiger partial charge < -0.3 is 5.32 Å². The summed E-state index contributed by atoms with van der Waals surface area (Å²) in [7, 11) is 0. The minimum absolute atomic E-state index is 0.0674. The number of benzene rings is 2. The number of hydrogen-bond acceptors (Lipinski definition) is 3. The van der Waals surface area contributed by atoms with Crippen molar-refractivity contribution in [2.45, 2.75) is 6.54 Å². The van der Waals surface area contributed by atoms with E-state index in [4.69, 9.17) is 0 Å². The molecule has 106 valence electrons. The quantitative estimate of drug-likeness (QED) is 0.853. The number of hydrogen-bond donors (Lipinski definition) is 2. The van der Waals surface area contributed by atoms with Crippen molar-refractivity contribution in [2.24, 2.45) is 0 Å². The molecule has 0 spiro atoms. The Balaban J connectivity index is 1.80. The zero-order chi connectivity index (χ0) is 15.0. The number of carbonyl (C=O) groups excluding carboxylic acids is 2. The minimum atomic E-state index is -0.521. The minimum Gasteiger partial charge on any atom is -0.381 e. The van der Waals surface area contributed by atoms with Crippen LogP contribution in [0.5, 0.6) is 0 Å². The number of nitrogens with one attached hydrogen (secondary N) is 2. The summed E-state index contributed by atoms with van der Waals surface area (Å²) in [6.45, 7) is 0.0674. The maximum absolute atomic E-state index is 13.5. The number of rotatable bonds is 3. The van der Waals surface area contributed by atoms with Crippen molar-refractivity contribution in [1.29, 1.82) is 0 Å². The molecular weight excluding hydrogens is 278 g/mol. The van der Waals surface area contributed by atoms with Crippen molar-refractivity contribution in [3.63, 3.8) is 0 Å². The number of anilines is 1. The summed E-state index contributed by atoms with van der Waals surface area (Å²) in [6, 6.07) is 7.83. The lowest BCUT2D eigenvalue weighted by Gasteiger charge is -2.08. The predicted molar refractivity (Wildman–Crippen MR) is 71.9 cm³/mol. The lowest BCUT2D eigenvalue weighted by Crippen LogP contribution is -2.19. The van der Waals surface area contributed by atoms with Gasteiger partial charge in [-0.2, -0.15) is 0 Å². The molecular formula is C15H10F2N2O2. The normalized spacial score (nSPS) is 13.0. The van der Waals surface area contributed by atoms with Gasteiger partial charge in [-0.05, 0) is 36.4 Å². The second-order valence-electron chi connectivity index (χ2n) is 4.63. The Labute approximate surface area is 118 Å². The fourth-order valence-corrected chi connectivity index (χ4v) is 2.15. The van der Waals surface area contributed by atoms with Crippen molar-refractivity contribution in [3.05, 3.63) is 64.7 Å². The number of imide groups is 1. The predicted octanol–water partition coefficient (Wildman–Crippen LogP) is 2.46. The van der Waals surface area contributed by atoms with Crippen molar-refractivity contribution in [2.75, 3.05) is 5.32 Å². The molecule has 4 nitrogen and oxygen atoms in total. The molecule has 2 aromatic rings. The van der Waals surface area contributed by atoms with E-state index in [0.29, 0.717) is 11.3 Å². The van der Waals surface area contributed by atoms with Crippen LogP contribution < -0.4 is 10.6 Å². The Kier molecular flexibility index (Phi) is 3.13. The largest absolute Gasteiger partial charge is 0.381 e. The van der Waals surface area contributed by atoms with E-state index in [1.807, 2.05) is 0 Å². The summed E-state index contributed by atoms with van der Waals surface area (Å²) in [4.78, 5) is 22.9. The first kappa shape index (κ1) is 13.2. The Morgan fingerprint density at radius 3 is 2.52 bits per heavy atom. The molecule has 0 saturated carbocycles. The van der Waals surface area contributed by atoms with Gasteiger partial charge in [0.25, 0.3) is 11.8 Å². The van der Waals surface area contributed by atoms with E-state index in [-0.39, 0.29) is 17.7 Å². The van der Waals surface area contributed by atoms with Gasteiger partial charge in [-0.15, -0.1) is 0 Å². The summed E-state index contributed by atoms with van der Waals surface area (Å²) >= 11 is 0. The molecule has 1 aliphatic rings. The van der Waals surface area contributed by atoms with Crippen LogP contribution in [0.15, 0.2) is 36.4 Å². The molecule has 0 fully saturated rings. The van der Waals surface area contributed by atoms with Gasteiger partial charge in [-0.3, -0.25) is 14.9 Å². The van der Waals surface area contributed by atoms with E-state index in [0.717, 1.165) is 18.2 Å². The van der Waals surface area contributed by atoms with E-state index >= 15 is 0 Å². The standard InChI is InChI=1S/C15H10F2N2O2/c16-9-1-4-13(17)8(5-9)7-18-10-2-3-11-12(6-10)15(21)19-14(11)20/h1-6,18H,7H2,(H,19,20,21). The lowest BCUT2D eigenvalue weighted by atomic mass is 10.1. The first-order valence-electron chi connectivity index (χ1n) is 6.22. The Hall–Kier alpha value is -2.76. The van der Waals surface area contributed by atoms with E-state index in [1.54, 1.807) is 6.07 Å². The third-order valence-electron chi connectivity index (χ3n) is 3.23. The first-order valence-corrected chi connectivity index (χ1v) is 6.22. The highest BCUT2D eigenvalue weighted by Gasteiger charge is 2.26. The van der Waals surface area contributed by atoms with Crippen molar-refractivity contribution >= 4 is 17.5 Å². The second kappa shape index (κ2) is 4.97. The molecule has 21 heavy (non-hydrogen) atoms. The van der Waals surface area contributed by atoms with Crippen LogP contribution >= 0.6 is 0 Å². The first-order chi connectivity index (χ1) is 10.0. The monoisotopic (exact) mass is 288 g/mol. The zero-order valence-corrected chi connectivity index (χ0v) is 10.7. The number of fused-ring (bicyclic) bond motifs is 1. The van der Waals surface area contributed by atoms with Crippen LogP contribution in [0.3, 0.4) is 0 Å². The third kappa shape index (κ3) is 2.47. The van der Waals surface area contributed by atoms with E-state index < -0.39 is 23.4 Å². The second-order valence-corrected chi connectivity index (χ2v) is 4.63. The molecule has 3 rings (SSSR count). The Morgan fingerprint density at radius 2 is 1.71 bits per heavy atom. The summed E-state index contributed by atoms with van der Waals surface area (Å²) in [6.07, 6.45) is 0. The number of amides is 2. The summed E-state index contributed by atoms with van der Waals surface area (Å²) in [5.41, 5.74) is 1.30. The van der Waals surface area contributed by atoms with Crippen LogP contribution in [-0.2, 0) is 6.54 Å². The Bertz CT molecular complexity index is 759. The molecule has 0 aliphatic carbocycles. The van der Waals surface area contributed by atoms with Gasteiger partial charge in [0.2, 0.25) is 0 Å². The Morgan fingerprint density at radius 1 is 0.952 bits per heavy atom. The molecule has 0 aromatic heterocycles. The average molecular weight is 288 g/mol. The molecule has 0 atom stereocenters. The van der Waals surface area contributed by atoms with Gasteiger partial charge in [0.05, 0.1) is 11.1 Å². The summed E-state index contributed by atoms with van der Waals surface area (Å²) < 4.78 is 26.6. The van der Waals surface area contributed by atoms with Gasteiger partial charge in [0.1, 0.15) is 11.6 Å². The van der Waals surface area contributed by atoms with Crippen molar-refractivity contribution in [3.8, 4) is 0 Å². The van der Waals surface area contributed by atoms with E-state index in [9.17, 15) is 18.4 Å². The highest BCUT2D eigenvalue weighted by molar-refractivity contribution is 6.21. The molecule has 6 heteroatoms. The lowest BCUT2D eigenvalue weighted by molar-refractivity contribution is 0.0879. The summed E-state index contributed by atoms with van der Waals surface area (Å²) in [5, 5.41) is 5.08. The zero-order valence-electron chi connectivity index (χ0n) is 10.7. The van der Waals surface area contributed by atoms with Crippen LogP contribution in [0.2, 0.25) is 0 Å². The SMILES string of the molecule is O=C1NC(=O)c2cc(NCc3cc(F)ccc3F)ccc21. The third-order valence-corrected chi connectivity index (χ3v) is 3.23. The van der Waals surface area contributed by atoms with Crippen molar-refractivity contribution < 1.29 is 18.4 Å². The number of halogens is 2. The average Bonchev–Trinajstić information content (AvgIpc) is 2.75. The highest BCUT2D eigenvalue weighted by Crippen LogP contribution is 2.21. The molecule has 0 saturated heterocycles. The highest BCUT2D eigenvalue weighted by atomic mass is 19.1. The maximum atomic E-state index is 13.5. The van der Waals surface area contributed by atoms with Crippen LogP contribution in [0, 0.1) is 11.6 Å². The van der Waals surface area contributed by atoms with Gasteiger partial charge in [-0.1, -0.05) is 0 Å². The van der Waals surface area contributed by atoms with Crippen LogP contribution in [0.4, 0.5) is 14.5 Å². The molecule has 1 heterocycles. The maximum Gasteiger partial charge on any atom is 0.259 e.